The van der Waals surface area contributed by atoms with E-state index in [0.29, 0.717) is 0 Å². The van der Waals surface area contributed by atoms with Crippen molar-refractivity contribution in [3.8, 4) is 0 Å². The van der Waals surface area contributed by atoms with Crippen molar-refractivity contribution in [2.45, 2.75) is 13.5 Å². The average Bonchev–Trinajstić information content (AvgIpc) is 2.20. The summed E-state index contributed by atoms with van der Waals surface area (Å²) in [6.07, 6.45) is 4.16. The van der Waals surface area contributed by atoms with Crippen molar-refractivity contribution in [2.24, 2.45) is 7.05 Å². The molecule has 4 heteroatoms. The molecule has 0 saturated carbocycles. The van der Waals surface area contributed by atoms with E-state index in [4.69, 9.17) is 0 Å². The molecule has 0 aliphatic rings. The number of hydrogen-bond acceptors (Lipinski definition) is 0. The molecule has 0 saturated heterocycles. The Balaban J connectivity index is 0.000001000. The van der Waals surface area contributed by atoms with Gasteiger partial charge in [0.05, 0.1) is 13.6 Å². The summed E-state index contributed by atoms with van der Waals surface area (Å²) >= 11 is 3.40. The molecule has 64 valence electrons. The van der Waals surface area contributed by atoms with Crippen LogP contribution in [0.4, 0.5) is 0 Å². The zero-order valence-electron chi connectivity index (χ0n) is 6.72. The van der Waals surface area contributed by atoms with Gasteiger partial charge in [-0.3, -0.25) is 0 Å². The lowest BCUT2D eigenvalue weighted by molar-refractivity contribution is -0.677. The lowest BCUT2D eigenvalue weighted by atomic mass is 10.6. The van der Waals surface area contributed by atoms with Gasteiger partial charge in [0.25, 0.3) is 5.82 Å². The van der Waals surface area contributed by atoms with Gasteiger partial charge in [-0.1, -0.05) is 15.9 Å². The number of aromatic nitrogens is 2. The molecule has 0 N–H and O–H groups in total. The topological polar surface area (TPSA) is 8.81 Å². The zero-order chi connectivity index (χ0) is 7.56. The molecule has 0 aliphatic carbocycles. The number of hydrogen-bond donors (Lipinski definition) is 0. The first-order chi connectivity index (χ1) is 4.75. The number of imidazole rings is 1. The van der Waals surface area contributed by atoms with Crippen LogP contribution < -0.4 is 21.5 Å². The summed E-state index contributed by atoms with van der Waals surface area (Å²) < 4.78 is 4.33. The van der Waals surface area contributed by atoms with E-state index >= 15 is 0 Å². The Morgan fingerprint density at radius 1 is 1.64 bits per heavy atom. The first-order valence-electron chi connectivity index (χ1n) is 3.33. The molecule has 1 aromatic rings. The van der Waals surface area contributed by atoms with Crippen LogP contribution in [0.25, 0.3) is 0 Å². The van der Waals surface area contributed by atoms with Crippen LogP contribution >= 0.6 is 15.9 Å². The van der Waals surface area contributed by atoms with Gasteiger partial charge in [0.15, 0.2) is 0 Å². The quantitative estimate of drug-likeness (QED) is 0.440. The van der Waals surface area contributed by atoms with Gasteiger partial charge in [0.2, 0.25) is 0 Å². The Morgan fingerprint density at radius 3 is 2.64 bits per heavy atom. The third-order valence-electron chi connectivity index (χ3n) is 1.72. The number of aryl methyl sites for hydroxylation is 2. The molecule has 1 aromatic heterocycles. The Hall–Kier alpha value is 0.170. The van der Waals surface area contributed by atoms with Crippen LogP contribution in [0.3, 0.4) is 0 Å². The summed E-state index contributed by atoms with van der Waals surface area (Å²) in [6.45, 7) is 3.16. The lowest BCUT2D eigenvalue weighted by Gasteiger charge is -1.92. The molecule has 11 heavy (non-hydrogen) atoms. The molecular weight excluding hydrogens is 272 g/mol. The van der Waals surface area contributed by atoms with Crippen molar-refractivity contribution in [3.05, 3.63) is 18.2 Å². The average molecular weight is 284 g/mol. The number of rotatable bonds is 2. The van der Waals surface area contributed by atoms with E-state index in [1.54, 1.807) is 0 Å². The SMILES string of the molecule is Cc1n(CCBr)cc[n+]1C.[Br-]. The third kappa shape index (κ3) is 2.60. The van der Waals surface area contributed by atoms with Crippen molar-refractivity contribution in [1.82, 2.24) is 4.57 Å². The maximum absolute atomic E-state index is 3.40. The fourth-order valence-corrected chi connectivity index (χ4v) is 1.31. The predicted molar refractivity (Wildman–Crippen MR) is 44.1 cm³/mol. The van der Waals surface area contributed by atoms with Crippen molar-refractivity contribution in [2.75, 3.05) is 5.33 Å². The molecule has 1 rings (SSSR count). The van der Waals surface area contributed by atoms with Crippen LogP contribution in [0.5, 0.6) is 0 Å². The fourth-order valence-electron chi connectivity index (χ4n) is 0.926. The molecule has 0 aromatic carbocycles. The van der Waals surface area contributed by atoms with Gasteiger partial charge < -0.3 is 17.0 Å². The number of alkyl halides is 1. The molecule has 0 bridgehead atoms. The summed E-state index contributed by atoms with van der Waals surface area (Å²) in [5.74, 6) is 1.29. The van der Waals surface area contributed by atoms with Gasteiger partial charge in [-0.05, 0) is 0 Å². The van der Waals surface area contributed by atoms with Gasteiger partial charge in [-0.15, -0.1) is 0 Å². The van der Waals surface area contributed by atoms with Crippen molar-refractivity contribution in [3.63, 3.8) is 0 Å². The van der Waals surface area contributed by atoms with Crippen molar-refractivity contribution >= 4 is 15.9 Å². The first kappa shape index (κ1) is 11.2. The Labute approximate surface area is 86.1 Å². The van der Waals surface area contributed by atoms with Gasteiger partial charge >= 0.3 is 0 Å². The maximum Gasteiger partial charge on any atom is 0.253 e. The Kier molecular flexibility index (Phi) is 5.01. The second-order valence-electron chi connectivity index (χ2n) is 2.34. The van der Waals surface area contributed by atoms with Gasteiger partial charge in [-0.2, -0.15) is 0 Å². The highest BCUT2D eigenvalue weighted by atomic mass is 79.9. The largest absolute Gasteiger partial charge is 1.00 e. The van der Waals surface area contributed by atoms with Crippen LogP contribution in [-0.4, -0.2) is 9.90 Å². The standard InChI is InChI=1S/C7H12BrN2.BrH/c1-7-9(2)5-6-10(7)4-3-8;/h5-6H,3-4H2,1-2H3;1H/q+1;/p-1. The van der Waals surface area contributed by atoms with E-state index in [1.807, 2.05) is 0 Å². The fraction of sp³-hybridized carbons (Fsp3) is 0.571. The summed E-state index contributed by atoms with van der Waals surface area (Å²) in [6, 6.07) is 0. The van der Waals surface area contributed by atoms with Crippen LogP contribution in [0, 0.1) is 6.92 Å². The summed E-state index contributed by atoms with van der Waals surface area (Å²) in [5.41, 5.74) is 0. The lowest BCUT2D eigenvalue weighted by Crippen LogP contribution is -3.00. The molecule has 0 amide bonds. The van der Waals surface area contributed by atoms with E-state index in [1.165, 1.54) is 5.82 Å². The maximum atomic E-state index is 3.40. The Bertz CT molecular complexity index is 220. The van der Waals surface area contributed by atoms with E-state index in [9.17, 15) is 0 Å². The van der Waals surface area contributed by atoms with Crippen LogP contribution in [-0.2, 0) is 13.6 Å². The van der Waals surface area contributed by atoms with E-state index in [0.717, 1.165) is 11.9 Å². The Morgan fingerprint density at radius 2 is 2.27 bits per heavy atom. The summed E-state index contributed by atoms with van der Waals surface area (Å²) in [7, 11) is 2.06. The van der Waals surface area contributed by atoms with E-state index in [-0.39, 0.29) is 17.0 Å². The van der Waals surface area contributed by atoms with Crippen molar-refractivity contribution < 1.29 is 21.5 Å². The minimum absolute atomic E-state index is 0. The third-order valence-corrected chi connectivity index (χ3v) is 2.08. The molecule has 0 radical (unpaired) electrons. The number of nitrogens with zero attached hydrogens (tertiary/aromatic N) is 2. The minimum atomic E-state index is 0. The highest BCUT2D eigenvalue weighted by Crippen LogP contribution is 1.93. The molecule has 1 heterocycles. The second kappa shape index (κ2) is 4.93. The minimum Gasteiger partial charge on any atom is -1.00 e. The van der Waals surface area contributed by atoms with Gasteiger partial charge in [0, 0.05) is 12.3 Å². The van der Waals surface area contributed by atoms with Crippen LogP contribution in [0.1, 0.15) is 5.82 Å². The van der Waals surface area contributed by atoms with E-state index in [2.05, 4.69) is 51.4 Å². The zero-order valence-corrected chi connectivity index (χ0v) is 9.89. The predicted octanol–water partition coefficient (Wildman–Crippen LogP) is -1.98. The molecule has 0 unspecified atom stereocenters. The highest BCUT2D eigenvalue weighted by molar-refractivity contribution is 9.09. The second-order valence-corrected chi connectivity index (χ2v) is 3.13. The molecule has 0 spiro atoms. The first-order valence-corrected chi connectivity index (χ1v) is 4.45. The highest BCUT2D eigenvalue weighted by Gasteiger charge is 2.05. The molecule has 2 nitrogen and oxygen atoms in total. The number of halogens is 2. The molecule has 0 atom stereocenters. The monoisotopic (exact) mass is 282 g/mol. The van der Waals surface area contributed by atoms with Crippen molar-refractivity contribution in [1.29, 1.82) is 0 Å². The normalized spacial score (nSPS) is 9.36. The van der Waals surface area contributed by atoms with Crippen LogP contribution in [0.15, 0.2) is 12.4 Å². The molecular formula is C7H12Br2N2. The smallest absolute Gasteiger partial charge is 0.253 e. The van der Waals surface area contributed by atoms with Gasteiger partial charge in [0.1, 0.15) is 12.4 Å². The van der Waals surface area contributed by atoms with Gasteiger partial charge in [-0.25, -0.2) is 9.13 Å². The summed E-state index contributed by atoms with van der Waals surface area (Å²) in [4.78, 5) is 0. The summed E-state index contributed by atoms with van der Waals surface area (Å²) in [5, 5.41) is 1.02. The van der Waals surface area contributed by atoms with Crippen LogP contribution in [0.2, 0.25) is 0 Å². The molecule has 0 fully saturated rings. The molecule has 0 aliphatic heterocycles. The van der Waals surface area contributed by atoms with E-state index < -0.39 is 0 Å².